The van der Waals surface area contributed by atoms with Crippen LogP contribution in [0.2, 0.25) is 0 Å². The fourth-order valence-electron chi connectivity index (χ4n) is 1.75. The molecule has 23 heavy (non-hydrogen) atoms. The lowest BCUT2D eigenvalue weighted by Crippen LogP contribution is -2.47. The van der Waals surface area contributed by atoms with Crippen molar-refractivity contribution in [3.05, 3.63) is 16.1 Å². The Morgan fingerprint density at radius 3 is 2.61 bits per heavy atom. The lowest BCUT2D eigenvalue weighted by Gasteiger charge is -2.30. The second kappa shape index (κ2) is 8.43. The number of hydrogen-bond acceptors (Lipinski definition) is 7. The van der Waals surface area contributed by atoms with E-state index < -0.39 is 23.4 Å². The van der Waals surface area contributed by atoms with Gasteiger partial charge in [-0.2, -0.15) is 0 Å². The maximum atomic E-state index is 12.3. The molecule has 1 aromatic rings. The number of thiazole rings is 1. The van der Waals surface area contributed by atoms with E-state index in [-0.39, 0.29) is 22.4 Å². The van der Waals surface area contributed by atoms with Gasteiger partial charge < -0.3 is 14.4 Å². The number of methoxy groups -OCH3 is 1. The van der Waals surface area contributed by atoms with Crippen molar-refractivity contribution in [2.24, 2.45) is 5.92 Å². The number of carbonyl (C=O) groups is 1. The van der Waals surface area contributed by atoms with Crippen LogP contribution in [0.4, 0.5) is 0 Å². The highest BCUT2D eigenvalue weighted by Gasteiger charge is 2.32. The summed E-state index contributed by atoms with van der Waals surface area (Å²) in [6.07, 6.45) is -0.455. The number of hydrogen-bond donors (Lipinski definition) is 2. The number of aliphatic hydroxyl groups is 1. The van der Waals surface area contributed by atoms with Gasteiger partial charge in [0.25, 0.3) is 0 Å². The molecule has 0 amide bonds. The number of aliphatic hydroxyl groups excluding tert-OH is 1. The summed E-state index contributed by atoms with van der Waals surface area (Å²) in [5.74, 6) is -0.330. The molecule has 6 nitrogen and oxygen atoms in total. The predicted octanol–water partition coefficient (Wildman–Crippen LogP) is 2.43. The first-order valence-corrected chi connectivity index (χ1v) is 9.49. The molecule has 0 aliphatic rings. The van der Waals surface area contributed by atoms with Crippen LogP contribution in [0.15, 0.2) is 5.38 Å². The van der Waals surface area contributed by atoms with Crippen LogP contribution < -0.4 is 4.72 Å². The van der Waals surface area contributed by atoms with Gasteiger partial charge in [0, 0.05) is 16.7 Å². The topological polar surface area (TPSA) is 94.5 Å². The van der Waals surface area contributed by atoms with E-state index in [1.54, 1.807) is 5.38 Å². The minimum Gasteiger partial charge on any atom is -0.598 e. The Hall–Kier alpha value is -0.670. The second-order valence-corrected chi connectivity index (χ2v) is 9.55. The standard InChI is InChI=1S/C15H26N2O4S2/c1-9(2)10(17-23(20)15(3,4)5)7-12(18)13-16-11(8-22-13)14(19)21-6/h8-10,12,17-18H,7H2,1-6H3/t10?,12?,23-/m0/s1. The Bertz CT molecular complexity index is 514. The van der Waals surface area contributed by atoms with Gasteiger partial charge in [-0.15, -0.1) is 16.1 Å². The quantitative estimate of drug-likeness (QED) is 0.571. The number of carbonyl (C=O) groups excluding carboxylic acids is 1. The molecular weight excluding hydrogens is 336 g/mol. The number of esters is 1. The monoisotopic (exact) mass is 362 g/mol. The molecule has 0 aromatic carbocycles. The largest absolute Gasteiger partial charge is 0.598 e. The average Bonchev–Trinajstić information content (AvgIpc) is 2.94. The first kappa shape index (κ1) is 20.4. The van der Waals surface area contributed by atoms with Gasteiger partial charge >= 0.3 is 5.97 Å². The Balaban J connectivity index is 2.76. The van der Waals surface area contributed by atoms with Crippen LogP contribution in [0.1, 0.15) is 62.6 Å². The van der Waals surface area contributed by atoms with Crippen LogP contribution in [0.5, 0.6) is 0 Å². The van der Waals surface area contributed by atoms with E-state index in [9.17, 15) is 14.5 Å². The molecule has 0 aliphatic carbocycles. The minimum atomic E-state index is -1.22. The zero-order chi connectivity index (χ0) is 17.8. The van der Waals surface area contributed by atoms with Crippen LogP contribution in [0.3, 0.4) is 0 Å². The molecule has 1 heterocycles. The van der Waals surface area contributed by atoms with Crippen LogP contribution in [-0.2, 0) is 16.1 Å². The maximum Gasteiger partial charge on any atom is 0.357 e. The Kier molecular flexibility index (Phi) is 7.47. The number of nitrogens with one attached hydrogen (secondary N) is 1. The van der Waals surface area contributed by atoms with Crippen LogP contribution in [0.25, 0.3) is 0 Å². The summed E-state index contributed by atoms with van der Waals surface area (Å²) in [6.45, 7) is 9.70. The van der Waals surface area contributed by atoms with Gasteiger partial charge in [-0.25, -0.2) is 9.78 Å². The molecule has 0 saturated carbocycles. The normalized spacial score (nSPS) is 16.2. The van der Waals surface area contributed by atoms with E-state index >= 15 is 0 Å². The molecule has 2 unspecified atom stereocenters. The molecule has 3 atom stereocenters. The van der Waals surface area contributed by atoms with Crippen molar-refractivity contribution in [2.45, 2.75) is 57.9 Å². The second-order valence-electron chi connectivity index (χ2n) is 6.66. The minimum absolute atomic E-state index is 0.129. The van der Waals surface area contributed by atoms with Crippen molar-refractivity contribution in [2.75, 3.05) is 7.11 Å². The smallest absolute Gasteiger partial charge is 0.357 e. The lowest BCUT2D eigenvalue weighted by atomic mass is 9.99. The molecule has 0 saturated heterocycles. The maximum absolute atomic E-state index is 12.3. The van der Waals surface area contributed by atoms with Gasteiger partial charge in [-0.3, -0.25) is 0 Å². The molecule has 1 rings (SSSR count). The van der Waals surface area contributed by atoms with Gasteiger partial charge in [0.15, 0.2) is 5.69 Å². The zero-order valence-electron chi connectivity index (χ0n) is 14.5. The molecule has 0 radical (unpaired) electrons. The summed E-state index contributed by atoms with van der Waals surface area (Å²) in [5.41, 5.74) is 0.193. The fraction of sp³-hybridized carbons (Fsp3) is 0.733. The van der Waals surface area contributed by atoms with E-state index in [4.69, 9.17) is 0 Å². The zero-order valence-corrected chi connectivity index (χ0v) is 16.1. The molecule has 0 fully saturated rings. The molecule has 8 heteroatoms. The SMILES string of the molecule is COC(=O)c1csc(C(O)CC(N[S@@+]([O-])C(C)(C)C)C(C)C)n1. The highest BCUT2D eigenvalue weighted by atomic mass is 32.2. The summed E-state index contributed by atoms with van der Waals surface area (Å²) in [6, 6.07) is -0.129. The summed E-state index contributed by atoms with van der Waals surface area (Å²) in [7, 11) is 1.29. The first-order valence-electron chi connectivity index (χ1n) is 7.46. The highest BCUT2D eigenvalue weighted by molar-refractivity contribution is 7.90. The molecule has 132 valence electrons. The van der Waals surface area contributed by atoms with Gasteiger partial charge in [0.1, 0.15) is 15.9 Å². The van der Waals surface area contributed by atoms with Crippen LogP contribution in [0, 0.1) is 5.92 Å². The summed E-state index contributed by atoms with van der Waals surface area (Å²) >= 11 is -0.00267. The Morgan fingerprint density at radius 1 is 1.52 bits per heavy atom. The Labute approximate surface area is 145 Å². The number of nitrogens with zero attached hydrogens (tertiary/aromatic N) is 1. The van der Waals surface area contributed by atoms with Crippen molar-refractivity contribution >= 4 is 28.7 Å². The van der Waals surface area contributed by atoms with Gasteiger partial charge in [0.2, 0.25) is 0 Å². The van der Waals surface area contributed by atoms with Gasteiger partial charge in [-0.1, -0.05) is 13.8 Å². The summed E-state index contributed by atoms with van der Waals surface area (Å²) in [4.78, 5) is 15.5. The van der Waals surface area contributed by atoms with Crippen molar-refractivity contribution < 1.29 is 19.2 Å². The highest BCUT2D eigenvalue weighted by Crippen LogP contribution is 2.26. The van der Waals surface area contributed by atoms with E-state index in [0.717, 1.165) is 0 Å². The van der Waals surface area contributed by atoms with E-state index in [2.05, 4.69) is 14.4 Å². The molecule has 0 aliphatic heterocycles. The van der Waals surface area contributed by atoms with Crippen molar-refractivity contribution in [3.63, 3.8) is 0 Å². The Morgan fingerprint density at radius 2 is 2.13 bits per heavy atom. The van der Waals surface area contributed by atoms with Crippen LogP contribution >= 0.6 is 11.3 Å². The number of aromatic nitrogens is 1. The third kappa shape index (κ3) is 6.04. The van der Waals surface area contributed by atoms with E-state index in [0.29, 0.717) is 11.4 Å². The van der Waals surface area contributed by atoms with E-state index in [1.807, 2.05) is 34.6 Å². The van der Waals surface area contributed by atoms with Gasteiger partial charge in [0.05, 0.1) is 13.2 Å². The number of rotatable bonds is 7. The van der Waals surface area contributed by atoms with Crippen molar-refractivity contribution in [3.8, 4) is 0 Å². The molecule has 0 bridgehead atoms. The number of ether oxygens (including phenoxy) is 1. The molecule has 0 spiro atoms. The lowest BCUT2D eigenvalue weighted by molar-refractivity contribution is 0.0594. The first-order chi connectivity index (χ1) is 10.6. The van der Waals surface area contributed by atoms with Crippen molar-refractivity contribution in [1.82, 2.24) is 9.71 Å². The average molecular weight is 363 g/mol. The fourth-order valence-corrected chi connectivity index (χ4v) is 3.53. The molecule has 2 N–H and O–H groups in total. The third-order valence-electron chi connectivity index (χ3n) is 3.30. The predicted molar refractivity (Wildman–Crippen MR) is 92.7 cm³/mol. The molecular formula is C15H26N2O4S2. The van der Waals surface area contributed by atoms with E-state index in [1.165, 1.54) is 18.4 Å². The third-order valence-corrected chi connectivity index (χ3v) is 5.87. The summed E-state index contributed by atoms with van der Waals surface area (Å²) < 4.78 is 19.6. The van der Waals surface area contributed by atoms with Crippen molar-refractivity contribution in [1.29, 1.82) is 0 Å². The van der Waals surface area contributed by atoms with Gasteiger partial charge in [-0.05, 0) is 33.1 Å². The molecule has 1 aromatic heterocycles. The van der Waals surface area contributed by atoms with Crippen LogP contribution in [-0.4, -0.2) is 38.5 Å². The summed E-state index contributed by atoms with van der Waals surface area (Å²) in [5, 5.41) is 12.4.